The third-order valence-corrected chi connectivity index (χ3v) is 4.26. The normalized spacial score (nSPS) is 20.5. The van der Waals surface area contributed by atoms with Crippen molar-refractivity contribution < 1.29 is 32.2 Å². The van der Waals surface area contributed by atoms with Crippen LogP contribution in [0.5, 0.6) is 0 Å². The third-order valence-electron chi connectivity index (χ3n) is 3.64. The van der Waals surface area contributed by atoms with Crippen LogP contribution in [-0.4, -0.2) is 61.0 Å². The molecule has 25 heavy (non-hydrogen) atoms. The van der Waals surface area contributed by atoms with E-state index in [-0.39, 0.29) is 31.9 Å². The summed E-state index contributed by atoms with van der Waals surface area (Å²) in [5.41, 5.74) is 0.485. The number of likely N-dealkylation sites (tertiary alicyclic amines) is 1. The van der Waals surface area contributed by atoms with Crippen molar-refractivity contribution in [1.29, 1.82) is 0 Å². The van der Waals surface area contributed by atoms with Gasteiger partial charge in [-0.1, -0.05) is 0 Å². The van der Waals surface area contributed by atoms with Gasteiger partial charge in [-0.25, -0.2) is 4.79 Å². The number of rotatable bonds is 6. The number of nitro groups is 1. The first-order valence-electron chi connectivity index (χ1n) is 7.35. The fraction of sp³-hybridized carbons (Fsp3) is 0.500. The van der Waals surface area contributed by atoms with Crippen molar-refractivity contribution >= 4 is 21.9 Å². The molecule has 138 valence electrons. The van der Waals surface area contributed by atoms with Gasteiger partial charge in [-0.3, -0.25) is 14.3 Å². The lowest BCUT2D eigenvalue weighted by atomic mass is 10.2. The zero-order chi connectivity index (χ0) is 18.6. The maximum Gasteiger partial charge on any atom is 0.410 e. The van der Waals surface area contributed by atoms with Crippen LogP contribution in [0.15, 0.2) is 24.3 Å². The topological polar surface area (TPSA) is 136 Å². The highest BCUT2D eigenvalue weighted by Gasteiger charge is 2.38. The molecular formula is C14H18N2O8S. The second-order valence-electron chi connectivity index (χ2n) is 5.62. The van der Waals surface area contributed by atoms with E-state index in [9.17, 15) is 28.4 Å². The zero-order valence-electron chi connectivity index (χ0n) is 13.4. The van der Waals surface area contributed by atoms with Crippen molar-refractivity contribution in [1.82, 2.24) is 4.90 Å². The molecular weight excluding hydrogens is 356 g/mol. The van der Waals surface area contributed by atoms with Crippen molar-refractivity contribution in [3.63, 3.8) is 0 Å². The van der Waals surface area contributed by atoms with Gasteiger partial charge >= 0.3 is 6.09 Å². The highest BCUT2D eigenvalue weighted by Crippen LogP contribution is 2.23. The van der Waals surface area contributed by atoms with Gasteiger partial charge in [-0.15, -0.1) is 0 Å². The lowest BCUT2D eigenvalue weighted by Gasteiger charge is -2.21. The molecule has 2 rings (SSSR count). The Kier molecular flexibility index (Phi) is 5.93. The quantitative estimate of drug-likeness (QED) is 0.435. The largest absolute Gasteiger partial charge is 0.445 e. The Hall–Kier alpha value is -2.24. The van der Waals surface area contributed by atoms with Gasteiger partial charge in [0, 0.05) is 12.1 Å². The molecule has 1 saturated heterocycles. The van der Waals surface area contributed by atoms with Crippen LogP contribution in [0.4, 0.5) is 10.5 Å². The van der Waals surface area contributed by atoms with Crippen LogP contribution in [0, 0.1) is 10.1 Å². The van der Waals surface area contributed by atoms with Crippen LogP contribution < -0.4 is 0 Å². The van der Waals surface area contributed by atoms with E-state index in [4.69, 9.17) is 8.92 Å². The Morgan fingerprint density at radius 3 is 2.56 bits per heavy atom. The number of amides is 1. The average Bonchev–Trinajstić information content (AvgIpc) is 2.94. The monoisotopic (exact) mass is 374 g/mol. The summed E-state index contributed by atoms with van der Waals surface area (Å²) in [6, 6.07) is 4.93. The summed E-state index contributed by atoms with van der Waals surface area (Å²) < 4.78 is 32.3. The maximum atomic E-state index is 12.2. The molecule has 0 radical (unpaired) electrons. The lowest BCUT2D eigenvalue weighted by molar-refractivity contribution is -0.384. The predicted octanol–water partition coefficient (Wildman–Crippen LogP) is 0.643. The van der Waals surface area contributed by atoms with Crippen molar-refractivity contribution in [2.24, 2.45) is 0 Å². The zero-order valence-corrected chi connectivity index (χ0v) is 14.2. The Labute approximate surface area is 144 Å². The Morgan fingerprint density at radius 1 is 1.40 bits per heavy atom. The minimum Gasteiger partial charge on any atom is -0.445 e. The first-order valence-corrected chi connectivity index (χ1v) is 9.17. The first kappa shape index (κ1) is 19.1. The van der Waals surface area contributed by atoms with E-state index in [1.807, 2.05) is 0 Å². The molecule has 0 spiro atoms. The molecule has 10 nitrogen and oxygen atoms in total. The predicted molar refractivity (Wildman–Crippen MR) is 85.2 cm³/mol. The molecule has 11 heteroatoms. The highest BCUT2D eigenvalue weighted by molar-refractivity contribution is 7.86. The van der Waals surface area contributed by atoms with Crippen LogP contribution in [0.1, 0.15) is 12.0 Å². The summed E-state index contributed by atoms with van der Waals surface area (Å²) in [7, 11) is -3.67. The lowest BCUT2D eigenvalue weighted by Crippen LogP contribution is -2.38. The number of ether oxygens (including phenoxy) is 1. The standard InChI is InChI=1S/C14H18N2O8S/c1-25(21,22)24-13-6-12(8-17)15(7-13)14(18)23-9-10-2-4-11(5-3-10)16(19)20/h2-5,12-13,17H,6-9H2,1H3/t12-,13+/m0/s1. The molecule has 1 aromatic rings. The fourth-order valence-electron chi connectivity index (χ4n) is 2.53. The summed E-state index contributed by atoms with van der Waals surface area (Å²) in [4.78, 5) is 23.4. The summed E-state index contributed by atoms with van der Waals surface area (Å²) in [5, 5.41) is 19.9. The summed E-state index contributed by atoms with van der Waals surface area (Å²) in [5.74, 6) is 0. The molecule has 0 aromatic heterocycles. The number of nitrogens with zero attached hydrogens (tertiary/aromatic N) is 2. The molecule has 1 aliphatic heterocycles. The molecule has 1 aliphatic rings. The van der Waals surface area contributed by atoms with E-state index in [2.05, 4.69) is 0 Å². The van der Waals surface area contributed by atoms with Gasteiger partial charge < -0.3 is 14.7 Å². The Balaban J connectivity index is 1.93. The van der Waals surface area contributed by atoms with E-state index in [1.165, 1.54) is 29.2 Å². The number of nitro benzene ring substituents is 1. The molecule has 1 fully saturated rings. The fourth-order valence-corrected chi connectivity index (χ4v) is 3.16. The van der Waals surface area contributed by atoms with Gasteiger partial charge in [0.15, 0.2) is 0 Å². The summed E-state index contributed by atoms with van der Waals surface area (Å²) in [6.07, 6.45) is -0.372. The first-order chi connectivity index (χ1) is 11.7. The van der Waals surface area contributed by atoms with Crippen LogP contribution in [0.25, 0.3) is 0 Å². The number of hydrogen-bond donors (Lipinski definition) is 1. The number of aliphatic hydroxyl groups is 1. The highest BCUT2D eigenvalue weighted by atomic mass is 32.2. The molecule has 1 heterocycles. The molecule has 0 aliphatic carbocycles. The van der Waals surface area contributed by atoms with Crippen molar-refractivity contribution in [2.75, 3.05) is 19.4 Å². The minimum absolute atomic E-state index is 0.0165. The summed E-state index contributed by atoms with van der Waals surface area (Å²) >= 11 is 0. The summed E-state index contributed by atoms with van der Waals surface area (Å²) in [6.45, 7) is -0.475. The molecule has 0 saturated carbocycles. The van der Waals surface area contributed by atoms with Gasteiger partial charge in [0.2, 0.25) is 0 Å². The van der Waals surface area contributed by atoms with Crippen molar-refractivity contribution in [3.8, 4) is 0 Å². The average molecular weight is 374 g/mol. The third kappa shape index (κ3) is 5.37. The van der Waals surface area contributed by atoms with Gasteiger partial charge in [0.05, 0.1) is 36.5 Å². The van der Waals surface area contributed by atoms with Crippen molar-refractivity contribution in [2.45, 2.75) is 25.2 Å². The van der Waals surface area contributed by atoms with Crippen LogP contribution >= 0.6 is 0 Å². The number of carbonyl (C=O) groups excluding carboxylic acids is 1. The molecule has 1 aromatic carbocycles. The molecule has 0 unspecified atom stereocenters. The second kappa shape index (κ2) is 7.76. The van der Waals surface area contributed by atoms with E-state index in [1.54, 1.807) is 0 Å². The van der Waals surface area contributed by atoms with E-state index in [0.717, 1.165) is 6.26 Å². The number of hydrogen-bond acceptors (Lipinski definition) is 8. The Bertz CT molecular complexity index is 734. The number of benzene rings is 1. The molecule has 2 atom stereocenters. The van der Waals surface area contributed by atoms with Gasteiger partial charge in [0.25, 0.3) is 15.8 Å². The SMILES string of the molecule is CS(=O)(=O)O[C@@H]1C[C@@H](CO)N(C(=O)OCc2ccc([N+](=O)[O-])cc2)C1. The van der Waals surface area contributed by atoms with E-state index in [0.29, 0.717) is 5.56 Å². The number of aliphatic hydroxyl groups excluding tert-OH is 1. The van der Waals surface area contributed by atoms with Crippen LogP contribution in [0.2, 0.25) is 0 Å². The van der Waals surface area contributed by atoms with Crippen LogP contribution in [-0.2, 0) is 25.6 Å². The molecule has 1 N–H and O–H groups in total. The smallest absolute Gasteiger partial charge is 0.410 e. The number of carbonyl (C=O) groups is 1. The van der Waals surface area contributed by atoms with Crippen LogP contribution in [0.3, 0.4) is 0 Å². The molecule has 1 amide bonds. The van der Waals surface area contributed by atoms with Gasteiger partial charge in [-0.05, 0) is 24.1 Å². The van der Waals surface area contributed by atoms with Gasteiger partial charge in [0.1, 0.15) is 6.61 Å². The maximum absolute atomic E-state index is 12.2. The second-order valence-corrected chi connectivity index (χ2v) is 7.23. The number of non-ortho nitro benzene ring substituents is 1. The van der Waals surface area contributed by atoms with Gasteiger partial charge in [-0.2, -0.15) is 8.42 Å². The van der Waals surface area contributed by atoms with E-state index >= 15 is 0 Å². The molecule has 0 bridgehead atoms. The minimum atomic E-state index is -3.67. The van der Waals surface area contributed by atoms with Crippen molar-refractivity contribution in [3.05, 3.63) is 39.9 Å². The van der Waals surface area contributed by atoms with E-state index < -0.39 is 33.3 Å². The Morgan fingerprint density at radius 2 is 2.04 bits per heavy atom.